The van der Waals surface area contributed by atoms with Crippen LogP contribution in [0.1, 0.15) is 85.5 Å². The number of hydrogen-bond acceptors (Lipinski definition) is 3. The van der Waals surface area contributed by atoms with Crippen LogP contribution in [0.5, 0.6) is 0 Å². The maximum absolute atomic E-state index is 13.1. The topological polar surface area (TPSA) is 54.4 Å². The van der Waals surface area contributed by atoms with Crippen LogP contribution in [-0.2, 0) is 9.84 Å². The van der Waals surface area contributed by atoms with E-state index in [1.54, 1.807) is 12.1 Å². The Hall–Kier alpha value is -1.13. The lowest BCUT2D eigenvalue weighted by Crippen LogP contribution is -2.52. The van der Waals surface area contributed by atoms with Gasteiger partial charge in [-0.15, -0.1) is 0 Å². The highest BCUT2D eigenvalue weighted by molar-refractivity contribution is 7.91. The Morgan fingerprint density at radius 1 is 1.03 bits per heavy atom. The molecule has 1 aromatic rings. The van der Waals surface area contributed by atoms with Crippen LogP contribution in [0.3, 0.4) is 0 Å². The molecule has 4 heteroatoms. The minimum Gasteiger partial charge on any atom is -0.390 e. The Bertz CT molecular complexity index is 1050. The van der Waals surface area contributed by atoms with E-state index >= 15 is 0 Å². The summed E-state index contributed by atoms with van der Waals surface area (Å²) in [5.74, 6) is 3.04. The van der Waals surface area contributed by atoms with Gasteiger partial charge in [-0.3, -0.25) is 0 Å². The fraction of sp³-hybridized carbons (Fsp3) is 0.733. The largest absolute Gasteiger partial charge is 0.390 e. The van der Waals surface area contributed by atoms with Gasteiger partial charge in [-0.05, 0) is 110 Å². The molecule has 0 aromatic heterocycles. The second-order valence-corrected chi connectivity index (χ2v) is 14.8. The molecule has 0 bridgehead atoms. The Kier molecular flexibility index (Phi) is 6.12. The molecule has 34 heavy (non-hydrogen) atoms. The van der Waals surface area contributed by atoms with Crippen molar-refractivity contribution in [1.29, 1.82) is 0 Å². The van der Waals surface area contributed by atoms with Gasteiger partial charge in [0.2, 0.25) is 0 Å². The van der Waals surface area contributed by atoms with Gasteiger partial charge in [-0.1, -0.05) is 57.5 Å². The van der Waals surface area contributed by atoms with Crippen LogP contribution in [0.4, 0.5) is 0 Å². The quantitative estimate of drug-likeness (QED) is 0.467. The summed E-state index contributed by atoms with van der Waals surface area (Å²) in [7, 11) is -3.26. The van der Waals surface area contributed by atoms with E-state index in [0.29, 0.717) is 28.6 Å². The van der Waals surface area contributed by atoms with E-state index in [9.17, 15) is 13.5 Å². The van der Waals surface area contributed by atoms with E-state index in [1.165, 1.54) is 31.3 Å². The van der Waals surface area contributed by atoms with Crippen LogP contribution in [0.25, 0.3) is 0 Å². The van der Waals surface area contributed by atoms with Crippen molar-refractivity contribution in [1.82, 2.24) is 0 Å². The van der Waals surface area contributed by atoms with Crippen molar-refractivity contribution >= 4 is 9.84 Å². The summed E-state index contributed by atoms with van der Waals surface area (Å²) in [6.07, 6.45) is 12.3. The zero-order chi connectivity index (χ0) is 24.4. The minimum atomic E-state index is -3.26. The van der Waals surface area contributed by atoms with Crippen molar-refractivity contribution in [2.24, 2.45) is 40.4 Å². The van der Waals surface area contributed by atoms with E-state index in [4.69, 9.17) is 0 Å². The van der Waals surface area contributed by atoms with Crippen molar-refractivity contribution in [2.75, 3.05) is 5.75 Å². The van der Waals surface area contributed by atoms with Crippen LogP contribution in [0.2, 0.25) is 0 Å². The maximum Gasteiger partial charge on any atom is 0.178 e. The van der Waals surface area contributed by atoms with Gasteiger partial charge in [0.25, 0.3) is 0 Å². The summed E-state index contributed by atoms with van der Waals surface area (Å²) < 4.78 is 26.3. The van der Waals surface area contributed by atoms with Gasteiger partial charge >= 0.3 is 0 Å². The number of fused-ring (bicyclic) bond motifs is 5. The Balaban J connectivity index is 1.36. The molecular formula is C30H44O3S. The van der Waals surface area contributed by atoms with E-state index in [2.05, 4.69) is 33.8 Å². The SMILES string of the molecule is CC[C@]1(O)CC[C@@]2(C)C(=CC[C@@H]3C2CC[C@@]2(C)C3CC[C@@H]2[C@H](C)CS(=O)(=O)c2ccccc2)C1. The molecule has 2 unspecified atom stereocenters. The Morgan fingerprint density at radius 2 is 1.76 bits per heavy atom. The van der Waals surface area contributed by atoms with E-state index in [1.807, 2.05) is 18.2 Å². The van der Waals surface area contributed by atoms with Crippen molar-refractivity contribution in [3.63, 3.8) is 0 Å². The summed E-state index contributed by atoms with van der Waals surface area (Å²) in [5, 5.41) is 11.0. The molecule has 0 spiro atoms. The second kappa shape index (κ2) is 8.47. The first-order chi connectivity index (χ1) is 16.0. The molecule has 0 amide bonds. The van der Waals surface area contributed by atoms with Crippen LogP contribution in [0.15, 0.2) is 46.9 Å². The molecule has 0 radical (unpaired) electrons. The molecule has 188 valence electrons. The Labute approximate surface area is 207 Å². The van der Waals surface area contributed by atoms with Crippen LogP contribution in [-0.4, -0.2) is 24.9 Å². The molecule has 8 atom stereocenters. The van der Waals surface area contributed by atoms with Gasteiger partial charge in [-0.25, -0.2) is 8.42 Å². The highest BCUT2D eigenvalue weighted by Crippen LogP contribution is 2.67. The van der Waals surface area contributed by atoms with Crippen molar-refractivity contribution in [3.8, 4) is 0 Å². The monoisotopic (exact) mass is 484 g/mol. The first-order valence-electron chi connectivity index (χ1n) is 13.7. The highest BCUT2D eigenvalue weighted by atomic mass is 32.2. The second-order valence-electron chi connectivity index (χ2n) is 12.8. The fourth-order valence-corrected chi connectivity index (χ4v) is 10.9. The van der Waals surface area contributed by atoms with Gasteiger partial charge in [-0.2, -0.15) is 0 Å². The molecule has 1 N–H and O–H groups in total. The summed E-state index contributed by atoms with van der Waals surface area (Å²) >= 11 is 0. The number of benzene rings is 1. The fourth-order valence-electron chi connectivity index (χ4n) is 9.18. The van der Waals surface area contributed by atoms with E-state index in [-0.39, 0.29) is 22.5 Å². The molecule has 4 aliphatic carbocycles. The van der Waals surface area contributed by atoms with Gasteiger partial charge in [0.1, 0.15) is 0 Å². The average Bonchev–Trinajstić information content (AvgIpc) is 3.17. The Morgan fingerprint density at radius 3 is 2.47 bits per heavy atom. The molecule has 3 saturated carbocycles. The smallest absolute Gasteiger partial charge is 0.178 e. The van der Waals surface area contributed by atoms with Gasteiger partial charge in [0, 0.05) is 0 Å². The lowest BCUT2D eigenvalue weighted by molar-refractivity contribution is -0.0743. The average molecular weight is 485 g/mol. The van der Waals surface area contributed by atoms with Crippen molar-refractivity contribution in [3.05, 3.63) is 42.0 Å². The minimum absolute atomic E-state index is 0.177. The number of hydrogen-bond donors (Lipinski definition) is 1. The number of aliphatic hydroxyl groups is 1. The van der Waals surface area contributed by atoms with Crippen LogP contribution >= 0.6 is 0 Å². The first kappa shape index (κ1) is 24.6. The molecule has 1 aromatic carbocycles. The third kappa shape index (κ3) is 3.82. The molecule has 0 heterocycles. The third-order valence-corrected chi connectivity index (χ3v) is 13.2. The van der Waals surface area contributed by atoms with Crippen molar-refractivity contribution < 1.29 is 13.5 Å². The van der Waals surface area contributed by atoms with Crippen LogP contribution < -0.4 is 0 Å². The van der Waals surface area contributed by atoms with E-state index < -0.39 is 15.4 Å². The predicted molar refractivity (Wildman–Crippen MR) is 138 cm³/mol. The summed E-state index contributed by atoms with van der Waals surface area (Å²) in [5.41, 5.74) is 1.52. The predicted octanol–water partition coefficient (Wildman–Crippen LogP) is 6.82. The highest BCUT2D eigenvalue weighted by Gasteiger charge is 2.60. The molecule has 0 saturated heterocycles. The number of rotatable bonds is 5. The maximum atomic E-state index is 13.1. The lowest BCUT2D eigenvalue weighted by Gasteiger charge is -2.59. The third-order valence-electron chi connectivity index (χ3n) is 11.3. The zero-order valence-electron chi connectivity index (χ0n) is 21.6. The zero-order valence-corrected chi connectivity index (χ0v) is 22.4. The molecule has 4 aliphatic rings. The van der Waals surface area contributed by atoms with Gasteiger partial charge in [0.05, 0.1) is 16.2 Å². The molecule has 5 rings (SSSR count). The standard InChI is InChI=1S/C30H44O3S/c1-5-30(31)18-17-28(3)22(19-30)11-12-24-26-14-13-25(29(26,4)16-15-27(24)28)21(2)20-34(32,33)23-9-7-6-8-10-23/h6-11,21,24-27,31H,5,12-20H2,1-4H3/t21-,24+,25-,26?,27?,28+,29-,30+/m1/s1. The molecular weight excluding hydrogens is 440 g/mol. The summed E-state index contributed by atoms with van der Waals surface area (Å²) in [6, 6.07) is 9.00. The summed E-state index contributed by atoms with van der Waals surface area (Å²) in [6.45, 7) is 9.31. The first-order valence-corrected chi connectivity index (χ1v) is 15.4. The van der Waals surface area contributed by atoms with Gasteiger partial charge < -0.3 is 5.11 Å². The van der Waals surface area contributed by atoms with Gasteiger partial charge in [0.15, 0.2) is 9.84 Å². The number of allylic oxidation sites excluding steroid dienone is 1. The number of sulfone groups is 1. The molecule has 3 nitrogen and oxygen atoms in total. The summed E-state index contributed by atoms with van der Waals surface area (Å²) in [4.78, 5) is 0.465. The molecule has 3 fully saturated rings. The normalized spacial score (nSPS) is 42.8. The van der Waals surface area contributed by atoms with E-state index in [0.717, 1.165) is 32.1 Å². The molecule has 0 aliphatic heterocycles. The van der Waals surface area contributed by atoms with Crippen molar-refractivity contribution in [2.45, 2.75) is 96.0 Å². The lowest BCUT2D eigenvalue weighted by atomic mass is 9.46. The van der Waals surface area contributed by atoms with Crippen LogP contribution in [0, 0.1) is 40.4 Å².